The highest BCUT2D eigenvalue weighted by molar-refractivity contribution is 5.98. The van der Waals surface area contributed by atoms with Crippen LogP contribution in [0.15, 0.2) is 12.1 Å². The van der Waals surface area contributed by atoms with Crippen LogP contribution in [-0.4, -0.2) is 46.2 Å². The molecule has 4 atom stereocenters. The largest absolute Gasteiger partial charge is 0.504 e. The van der Waals surface area contributed by atoms with E-state index < -0.39 is 0 Å². The Bertz CT molecular complexity index is 794. The number of hydrogen-bond acceptors (Lipinski definition) is 4. The number of phenolic OH excluding ortho intramolecular Hbond substituents is 2. The molecule has 1 aliphatic carbocycles. The summed E-state index contributed by atoms with van der Waals surface area (Å²) in [5.41, 5.74) is 1.85. The number of carbonyl (C=O) groups is 1. The smallest absolute Gasteiger partial charge is 0.224 e. The third kappa shape index (κ3) is 1.68. The van der Waals surface area contributed by atoms with Gasteiger partial charge in [-0.05, 0) is 68.7 Å². The molecular weight excluding hydrogens is 328 g/mol. The van der Waals surface area contributed by atoms with E-state index in [-0.39, 0.29) is 28.9 Å². The molecule has 1 aromatic carbocycles. The van der Waals surface area contributed by atoms with Crippen LogP contribution < -0.4 is 4.90 Å². The summed E-state index contributed by atoms with van der Waals surface area (Å²) in [5, 5.41) is 20.8. The summed E-state index contributed by atoms with van der Waals surface area (Å²) in [5.74, 6) is -0.296. The predicted molar refractivity (Wildman–Crippen MR) is 99.6 cm³/mol. The van der Waals surface area contributed by atoms with Crippen LogP contribution in [0.2, 0.25) is 0 Å². The van der Waals surface area contributed by atoms with E-state index >= 15 is 0 Å². The molecule has 1 saturated carbocycles. The van der Waals surface area contributed by atoms with Crippen LogP contribution in [0, 0.1) is 5.41 Å². The molecule has 2 N–H and O–H groups in total. The lowest BCUT2D eigenvalue weighted by Gasteiger charge is -2.58. The summed E-state index contributed by atoms with van der Waals surface area (Å²) in [6.45, 7) is 6.11. The molecule has 3 fully saturated rings. The summed E-state index contributed by atoms with van der Waals surface area (Å²) >= 11 is 0. The number of piperidine rings is 1. The Labute approximate surface area is 154 Å². The number of hydrogen-bond donors (Lipinski definition) is 2. The number of rotatable bonds is 1. The zero-order valence-electron chi connectivity index (χ0n) is 15.7. The Morgan fingerprint density at radius 1 is 1.23 bits per heavy atom. The van der Waals surface area contributed by atoms with Gasteiger partial charge < -0.3 is 15.1 Å². The normalized spacial score (nSPS) is 38.0. The van der Waals surface area contributed by atoms with Crippen molar-refractivity contribution in [2.45, 2.75) is 69.9 Å². The number of anilines is 1. The van der Waals surface area contributed by atoms with Gasteiger partial charge in [0.25, 0.3) is 0 Å². The van der Waals surface area contributed by atoms with E-state index in [4.69, 9.17) is 0 Å². The fourth-order valence-electron chi connectivity index (χ4n) is 7.25. The van der Waals surface area contributed by atoms with E-state index in [1.54, 1.807) is 13.0 Å². The maximum atomic E-state index is 12.6. The number of nitrogens with zero attached hydrogens (tertiary/aromatic N) is 2. The topological polar surface area (TPSA) is 64.0 Å². The van der Waals surface area contributed by atoms with Gasteiger partial charge in [0.1, 0.15) is 0 Å². The first-order valence-corrected chi connectivity index (χ1v) is 10.1. The molecule has 3 aliphatic heterocycles. The van der Waals surface area contributed by atoms with Gasteiger partial charge in [-0.2, -0.15) is 0 Å². The Balaban J connectivity index is 1.78. The van der Waals surface area contributed by atoms with Crippen LogP contribution in [0.3, 0.4) is 0 Å². The van der Waals surface area contributed by atoms with Crippen LogP contribution in [0.1, 0.15) is 57.9 Å². The molecule has 26 heavy (non-hydrogen) atoms. The first kappa shape index (κ1) is 16.4. The lowest BCUT2D eigenvalue weighted by molar-refractivity contribution is -0.118. The molecule has 2 saturated heterocycles. The highest BCUT2D eigenvalue weighted by Gasteiger charge is 2.68. The van der Waals surface area contributed by atoms with Crippen molar-refractivity contribution >= 4 is 11.6 Å². The minimum atomic E-state index is -0.134. The van der Waals surface area contributed by atoms with Crippen LogP contribution in [-0.2, 0) is 10.2 Å². The van der Waals surface area contributed by atoms with Gasteiger partial charge in [0.05, 0.1) is 5.69 Å². The molecule has 140 valence electrons. The molecule has 5 heteroatoms. The minimum Gasteiger partial charge on any atom is -0.504 e. The number of carbonyl (C=O) groups excluding carboxylic acids is 1. The van der Waals surface area contributed by atoms with Gasteiger partial charge in [0.15, 0.2) is 11.5 Å². The summed E-state index contributed by atoms with van der Waals surface area (Å²) in [6, 6.07) is 4.11. The van der Waals surface area contributed by atoms with Crippen molar-refractivity contribution in [3.8, 4) is 11.5 Å². The molecule has 3 heterocycles. The zero-order valence-corrected chi connectivity index (χ0v) is 15.7. The molecule has 0 aromatic heterocycles. The van der Waals surface area contributed by atoms with Gasteiger partial charge in [0, 0.05) is 24.4 Å². The summed E-state index contributed by atoms with van der Waals surface area (Å²) in [6.07, 6.45) is 6.84. The highest BCUT2D eigenvalue weighted by atomic mass is 16.3. The lowest BCUT2D eigenvalue weighted by Crippen LogP contribution is -2.65. The van der Waals surface area contributed by atoms with E-state index in [9.17, 15) is 15.0 Å². The second-order valence-corrected chi connectivity index (χ2v) is 8.82. The number of benzene rings is 1. The van der Waals surface area contributed by atoms with E-state index in [0.29, 0.717) is 17.1 Å². The van der Waals surface area contributed by atoms with Gasteiger partial charge in [-0.25, -0.2) is 0 Å². The minimum absolute atomic E-state index is 0.0349. The van der Waals surface area contributed by atoms with Crippen molar-refractivity contribution in [1.29, 1.82) is 0 Å². The standard InChI is InChI=1S/C21H28N2O3/c1-3-20-8-4-11-22-12-10-21(19(20)22)14-5-6-15(25)18(26)17(14)23(13(2)24)16(21)7-9-20/h5-6,16,19,25-26H,3-4,7-12H2,1-2H3/t16-,19+,20+,21-/m1/s1. The predicted octanol–water partition coefficient (Wildman–Crippen LogP) is 3.13. The van der Waals surface area contributed by atoms with Crippen molar-refractivity contribution in [3.05, 3.63) is 17.7 Å². The van der Waals surface area contributed by atoms with Gasteiger partial charge in [0.2, 0.25) is 5.91 Å². The maximum Gasteiger partial charge on any atom is 0.224 e. The van der Waals surface area contributed by atoms with Crippen molar-refractivity contribution < 1.29 is 15.0 Å². The van der Waals surface area contributed by atoms with Crippen LogP contribution in [0.25, 0.3) is 0 Å². The second-order valence-electron chi connectivity index (χ2n) is 8.82. The van der Waals surface area contributed by atoms with Crippen LogP contribution >= 0.6 is 0 Å². The average Bonchev–Trinajstić information content (AvgIpc) is 3.16. The number of phenols is 2. The fourth-order valence-corrected chi connectivity index (χ4v) is 7.25. The molecule has 1 aromatic rings. The Kier molecular flexibility index (Phi) is 3.26. The summed E-state index contributed by atoms with van der Waals surface area (Å²) < 4.78 is 0. The third-order valence-corrected chi connectivity index (χ3v) is 8.10. The molecule has 4 aliphatic rings. The molecule has 0 unspecified atom stereocenters. The number of aromatic hydroxyl groups is 2. The Morgan fingerprint density at radius 3 is 2.77 bits per heavy atom. The lowest BCUT2D eigenvalue weighted by atomic mass is 9.52. The molecular formula is C21H28N2O3. The highest BCUT2D eigenvalue weighted by Crippen LogP contribution is 2.67. The summed E-state index contributed by atoms with van der Waals surface area (Å²) in [4.78, 5) is 17.1. The van der Waals surface area contributed by atoms with Crippen molar-refractivity contribution in [2.75, 3.05) is 18.0 Å². The van der Waals surface area contributed by atoms with Gasteiger partial charge >= 0.3 is 0 Å². The van der Waals surface area contributed by atoms with Gasteiger partial charge in [-0.3, -0.25) is 9.69 Å². The van der Waals surface area contributed by atoms with E-state index in [1.807, 2.05) is 11.0 Å². The van der Waals surface area contributed by atoms with Crippen molar-refractivity contribution in [2.24, 2.45) is 5.41 Å². The zero-order chi connectivity index (χ0) is 18.3. The molecule has 1 spiro atoms. The summed E-state index contributed by atoms with van der Waals surface area (Å²) in [7, 11) is 0. The quantitative estimate of drug-likeness (QED) is 0.759. The first-order chi connectivity index (χ1) is 12.5. The molecule has 0 bridgehead atoms. The van der Waals surface area contributed by atoms with Crippen LogP contribution in [0.4, 0.5) is 5.69 Å². The van der Waals surface area contributed by atoms with E-state index in [1.165, 1.54) is 19.3 Å². The average molecular weight is 356 g/mol. The molecule has 5 nitrogen and oxygen atoms in total. The molecule has 5 rings (SSSR count). The Hall–Kier alpha value is -1.75. The number of fused-ring (bicyclic) bond motifs is 1. The monoisotopic (exact) mass is 356 g/mol. The Morgan fingerprint density at radius 2 is 2.04 bits per heavy atom. The van der Waals surface area contributed by atoms with Crippen molar-refractivity contribution in [1.82, 2.24) is 4.90 Å². The van der Waals surface area contributed by atoms with Crippen molar-refractivity contribution in [3.63, 3.8) is 0 Å². The SMILES string of the molecule is CC[C@]12CCCN3CC[C@]4(c5ccc(O)c(O)c5N(C(C)=O)[C@@H]4CC1)[C@@H]32. The third-order valence-electron chi connectivity index (χ3n) is 8.10. The van der Waals surface area contributed by atoms with Gasteiger partial charge in [-0.15, -0.1) is 0 Å². The molecule has 0 radical (unpaired) electrons. The van der Waals surface area contributed by atoms with Gasteiger partial charge in [-0.1, -0.05) is 13.0 Å². The van der Waals surface area contributed by atoms with Crippen LogP contribution in [0.5, 0.6) is 11.5 Å². The fraction of sp³-hybridized carbons (Fsp3) is 0.667. The first-order valence-electron chi connectivity index (χ1n) is 10.1. The number of amides is 1. The van der Waals surface area contributed by atoms with E-state index in [2.05, 4.69) is 11.8 Å². The van der Waals surface area contributed by atoms with E-state index in [0.717, 1.165) is 37.9 Å². The molecule has 1 amide bonds. The second kappa shape index (κ2) is 5.16. The maximum absolute atomic E-state index is 12.6.